The number of methoxy groups -OCH3 is 1. The quantitative estimate of drug-likeness (QED) is 0.625. The van der Waals surface area contributed by atoms with Gasteiger partial charge in [0.1, 0.15) is 5.25 Å². The maximum atomic E-state index is 11.1. The first-order valence-electron chi connectivity index (χ1n) is 4.12. The van der Waals surface area contributed by atoms with E-state index in [4.69, 9.17) is 9.52 Å². The predicted molar refractivity (Wildman–Crippen MR) is 53.0 cm³/mol. The summed E-state index contributed by atoms with van der Waals surface area (Å²) >= 11 is 1.11. The normalized spacial score (nSPS) is 12.1. The van der Waals surface area contributed by atoms with Crippen molar-refractivity contribution in [2.24, 2.45) is 0 Å². The molecule has 1 aromatic rings. The van der Waals surface area contributed by atoms with Gasteiger partial charge in [0.2, 0.25) is 5.76 Å². The third kappa shape index (κ3) is 3.02. The Morgan fingerprint density at radius 3 is 2.67 bits per heavy atom. The minimum atomic E-state index is -1.13. The molecule has 0 saturated carbocycles. The molecule has 0 saturated heterocycles. The minimum absolute atomic E-state index is 0.144. The zero-order valence-corrected chi connectivity index (χ0v) is 9.04. The highest BCUT2D eigenvalue weighted by molar-refractivity contribution is 8.00. The standard InChI is InChI=1S/C9H10O5S/c1-5(9(12)13-2)15-7-4-3-6(14-7)8(10)11/h3-5H,1-2H3,(H,10,11). The van der Waals surface area contributed by atoms with Gasteiger partial charge in [0.15, 0.2) is 5.09 Å². The molecule has 1 unspecified atom stereocenters. The number of aromatic carboxylic acids is 1. The largest absolute Gasteiger partial charge is 0.475 e. The van der Waals surface area contributed by atoms with E-state index in [9.17, 15) is 9.59 Å². The first-order chi connectivity index (χ1) is 7.04. The zero-order chi connectivity index (χ0) is 11.4. The Morgan fingerprint density at radius 2 is 2.20 bits per heavy atom. The van der Waals surface area contributed by atoms with Gasteiger partial charge in [-0.25, -0.2) is 4.79 Å². The number of ether oxygens (including phenoxy) is 1. The number of carboxylic acid groups (broad SMARTS) is 1. The van der Waals surface area contributed by atoms with Crippen LogP contribution in [0.15, 0.2) is 21.6 Å². The Kier molecular flexibility index (Phi) is 3.79. The molecule has 82 valence electrons. The van der Waals surface area contributed by atoms with Gasteiger partial charge in [0.05, 0.1) is 7.11 Å². The van der Waals surface area contributed by atoms with Gasteiger partial charge in [0, 0.05) is 0 Å². The fourth-order valence-corrected chi connectivity index (χ4v) is 1.71. The second kappa shape index (κ2) is 4.88. The van der Waals surface area contributed by atoms with Crippen LogP contribution in [0.25, 0.3) is 0 Å². The van der Waals surface area contributed by atoms with Gasteiger partial charge in [-0.3, -0.25) is 4.79 Å². The number of esters is 1. The molecule has 0 aromatic carbocycles. The summed E-state index contributed by atoms with van der Waals surface area (Å²) < 4.78 is 9.49. The summed E-state index contributed by atoms with van der Waals surface area (Å²) in [6.07, 6.45) is 0. The van der Waals surface area contributed by atoms with E-state index in [0.29, 0.717) is 5.09 Å². The molecule has 0 fully saturated rings. The van der Waals surface area contributed by atoms with E-state index >= 15 is 0 Å². The summed E-state index contributed by atoms with van der Waals surface area (Å²) in [5, 5.41) is 8.54. The lowest BCUT2D eigenvalue weighted by atomic mass is 10.5. The van der Waals surface area contributed by atoms with Crippen LogP contribution in [-0.2, 0) is 9.53 Å². The van der Waals surface area contributed by atoms with Crippen LogP contribution in [-0.4, -0.2) is 29.4 Å². The van der Waals surface area contributed by atoms with E-state index in [1.165, 1.54) is 19.2 Å². The Labute approximate surface area is 90.4 Å². The molecule has 0 aliphatic carbocycles. The monoisotopic (exact) mass is 230 g/mol. The number of hydrogen-bond donors (Lipinski definition) is 1. The first kappa shape index (κ1) is 11.6. The van der Waals surface area contributed by atoms with Crippen LogP contribution in [0.1, 0.15) is 17.5 Å². The summed E-state index contributed by atoms with van der Waals surface area (Å²) in [4.78, 5) is 21.6. The Bertz CT molecular complexity index is 370. The Morgan fingerprint density at radius 1 is 1.53 bits per heavy atom. The molecule has 1 N–H and O–H groups in total. The van der Waals surface area contributed by atoms with Crippen molar-refractivity contribution < 1.29 is 23.8 Å². The Balaban J connectivity index is 2.65. The summed E-state index contributed by atoms with van der Waals surface area (Å²) in [5.41, 5.74) is 0. The van der Waals surface area contributed by atoms with Crippen LogP contribution in [0.5, 0.6) is 0 Å². The second-order valence-electron chi connectivity index (χ2n) is 2.71. The second-order valence-corrected chi connectivity index (χ2v) is 4.05. The van der Waals surface area contributed by atoms with Gasteiger partial charge in [-0.15, -0.1) is 0 Å². The molecule has 1 aromatic heterocycles. The van der Waals surface area contributed by atoms with E-state index in [1.54, 1.807) is 6.92 Å². The number of hydrogen-bond acceptors (Lipinski definition) is 5. The van der Waals surface area contributed by atoms with Crippen molar-refractivity contribution in [1.82, 2.24) is 0 Å². The van der Waals surface area contributed by atoms with Crippen molar-refractivity contribution in [2.75, 3.05) is 7.11 Å². The molecule has 0 aliphatic rings. The maximum absolute atomic E-state index is 11.1. The van der Waals surface area contributed by atoms with Gasteiger partial charge in [-0.2, -0.15) is 0 Å². The molecule has 1 heterocycles. The van der Waals surface area contributed by atoms with Gasteiger partial charge in [0.25, 0.3) is 0 Å². The van der Waals surface area contributed by atoms with Crippen molar-refractivity contribution in [1.29, 1.82) is 0 Å². The molecule has 1 rings (SSSR count). The average molecular weight is 230 g/mol. The summed E-state index contributed by atoms with van der Waals surface area (Å²) in [5.74, 6) is -1.66. The highest BCUT2D eigenvalue weighted by Gasteiger charge is 2.17. The number of carboxylic acids is 1. The zero-order valence-electron chi connectivity index (χ0n) is 8.22. The van der Waals surface area contributed by atoms with E-state index in [0.717, 1.165) is 11.8 Å². The lowest BCUT2D eigenvalue weighted by Gasteiger charge is -2.05. The van der Waals surface area contributed by atoms with E-state index < -0.39 is 11.2 Å². The third-order valence-corrected chi connectivity index (χ3v) is 2.62. The number of thioether (sulfide) groups is 1. The fraction of sp³-hybridized carbons (Fsp3) is 0.333. The maximum Gasteiger partial charge on any atom is 0.371 e. The molecule has 15 heavy (non-hydrogen) atoms. The molecule has 0 bridgehead atoms. The summed E-state index contributed by atoms with van der Waals surface area (Å²) in [7, 11) is 1.30. The molecule has 5 nitrogen and oxygen atoms in total. The van der Waals surface area contributed by atoms with Crippen molar-refractivity contribution >= 4 is 23.7 Å². The highest BCUT2D eigenvalue weighted by Crippen LogP contribution is 2.25. The van der Waals surface area contributed by atoms with Crippen molar-refractivity contribution in [3.8, 4) is 0 Å². The SMILES string of the molecule is COC(=O)C(C)Sc1ccc(C(=O)O)o1. The van der Waals surface area contributed by atoms with Gasteiger partial charge in [-0.05, 0) is 19.1 Å². The lowest BCUT2D eigenvalue weighted by Crippen LogP contribution is -2.14. The van der Waals surface area contributed by atoms with Crippen molar-refractivity contribution in [2.45, 2.75) is 17.3 Å². The van der Waals surface area contributed by atoms with Crippen molar-refractivity contribution in [3.05, 3.63) is 17.9 Å². The average Bonchev–Trinajstić information content (AvgIpc) is 2.65. The molecule has 1 atom stereocenters. The highest BCUT2D eigenvalue weighted by atomic mass is 32.2. The molecule has 0 aliphatic heterocycles. The van der Waals surface area contributed by atoms with Crippen LogP contribution in [0, 0.1) is 0 Å². The molecular weight excluding hydrogens is 220 g/mol. The number of furan rings is 1. The predicted octanol–water partition coefficient (Wildman–Crippen LogP) is 1.63. The summed E-state index contributed by atoms with van der Waals surface area (Å²) in [6, 6.07) is 2.85. The fourth-order valence-electron chi connectivity index (χ4n) is 0.887. The minimum Gasteiger partial charge on any atom is -0.475 e. The van der Waals surface area contributed by atoms with Crippen LogP contribution in [0.2, 0.25) is 0 Å². The molecule has 0 radical (unpaired) electrons. The van der Waals surface area contributed by atoms with Gasteiger partial charge < -0.3 is 14.3 Å². The number of carbonyl (C=O) groups is 2. The van der Waals surface area contributed by atoms with E-state index in [1.807, 2.05) is 0 Å². The first-order valence-corrected chi connectivity index (χ1v) is 5.00. The van der Waals surface area contributed by atoms with Crippen molar-refractivity contribution in [3.63, 3.8) is 0 Å². The molecular formula is C9H10O5S. The van der Waals surface area contributed by atoms with Crippen LogP contribution in [0.4, 0.5) is 0 Å². The van der Waals surface area contributed by atoms with Crippen LogP contribution < -0.4 is 0 Å². The topological polar surface area (TPSA) is 76.7 Å². The summed E-state index contributed by atoms with van der Waals surface area (Å²) in [6.45, 7) is 1.65. The van der Waals surface area contributed by atoms with E-state index in [2.05, 4.69) is 4.74 Å². The van der Waals surface area contributed by atoms with Crippen LogP contribution >= 0.6 is 11.8 Å². The third-order valence-electron chi connectivity index (χ3n) is 1.62. The lowest BCUT2D eigenvalue weighted by molar-refractivity contribution is -0.139. The number of rotatable bonds is 4. The Hall–Kier alpha value is -1.43. The van der Waals surface area contributed by atoms with Gasteiger partial charge >= 0.3 is 11.9 Å². The molecule has 6 heteroatoms. The van der Waals surface area contributed by atoms with Gasteiger partial charge in [-0.1, -0.05) is 11.8 Å². The number of carbonyl (C=O) groups excluding carboxylic acids is 1. The van der Waals surface area contributed by atoms with Crippen LogP contribution in [0.3, 0.4) is 0 Å². The van der Waals surface area contributed by atoms with E-state index in [-0.39, 0.29) is 11.7 Å². The molecule has 0 spiro atoms. The molecule has 0 amide bonds. The smallest absolute Gasteiger partial charge is 0.371 e.